The summed E-state index contributed by atoms with van der Waals surface area (Å²) < 4.78 is 12.4. The van der Waals surface area contributed by atoms with Gasteiger partial charge < -0.3 is 19.4 Å². The Labute approximate surface area is 195 Å². The zero-order valence-corrected chi connectivity index (χ0v) is 18.8. The van der Waals surface area contributed by atoms with E-state index in [1.807, 2.05) is 18.2 Å². The molecule has 2 aliphatic rings. The molecule has 2 aliphatic heterocycles. The summed E-state index contributed by atoms with van der Waals surface area (Å²) in [5.41, 5.74) is 1.36. The van der Waals surface area contributed by atoms with Gasteiger partial charge in [-0.05, 0) is 43.0 Å². The van der Waals surface area contributed by atoms with Gasteiger partial charge in [0.1, 0.15) is 11.6 Å². The van der Waals surface area contributed by atoms with Crippen LogP contribution in [0.1, 0.15) is 25.7 Å². The smallest absolute Gasteiger partial charge is 0.269 e. The van der Waals surface area contributed by atoms with E-state index in [-0.39, 0.29) is 29.9 Å². The van der Waals surface area contributed by atoms with E-state index in [0.29, 0.717) is 42.6 Å². The Morgan fingerprint density at radius 3 is 2.91 bits per heavy atom. The third-order valence-corrected chi connectivity index (χ3v) is 6.24. The SMILES string of the molecule is COc1ccc2ncc(=O)n(CCCC[C@@H]3CC(=O)N(c4ccc5c(n4)NC(=O)CO5)C3)c2c1. The zero-order chi connectivity index (χ0) is 23.7. The molecule has 10 nitrogen and oxygen atoms in total. The normalized spacial score (nSPS) is 17.4. The molecular formula is C24H25N5O5. The van der Waals surface area contributed by atoms with Crippen LogP contribution in [0.15, 0.2) is 41.3 Å². The second kappa shape index (κ2) is 9.12. The molecule has 0 radical (unpaired) electrons. The van der Waals surface area contributed by atoms with Crippen molar-refractivity contribution in [3.63, 3.8) is 0 Å². The quantitative estimate of drug-likeness (QED) is 0.535. The number of amides is 2. The molecule has 1 saturated heterocycles. The van der Waals surface area contributed by atoms with Crippen molar-refractivity contribution in [2.75, 3.05) is 30.5 Å². The number of benzene rings is 1. The van der Waals surface area contributed by atoms with Gasteiger partial charge in [-0.3, -0.25) is 19.3 Å². The van der Waals surface area contributed by atoms with Crippen molar-refractivity contribution in [3.8, 4) is 11.5 Å². The summed E-state index contributed by atoms with van der Waals surface area (Å²) >= 11 is 0. The van der Waals surface area contributed by atoms with Gasteiger partial charge >= 0.3 is 0 Å². The molecule has 4 heterocycles. The van der Waals surface area contributed by atoms with Crippen molar-refractivity contribution in [2.45, 2.75) is 32.2 Å². The van der Waals surface area contributed by atoms with Gasteiger partial charge in [0.2, 0.25) is 5.91 Å². The number of methoxy groups -OCH3 is 1. The Hall–Kier alpha value is -3.95. The fraction of sp³-hybridized carbons (Fsp3) is 0.375. The predicted octanol–water partition coefficient (Wildman–Crippen LogP) is 2.35. The number of fused-ring (bicyclic) bond motifs is 2. The number of hydrogen-bond donors (Lipinski definition) is 1. The molecule has 10 heteroatoms. The van der Waals surface area contributed by atoms with Gasteiger partial charge in [-0.25, -0.2) is 9.97 Å². The average molecular weight is 463 g/mol. The van der Waals surface area contributed by atoms with E-state index >= 15 is 0 Å². The fourth-order valence-electron chi connectivity index (χ4n) is 4.50. The third kappa shape index (κ3) is 4.30. The van der Waals surface area contributed by atoms with Crippen molar-refractivity contribution >= 4 is 34.5 Å². The summed E-state index contributed by atoms with van der Waals surface area (Å²) in [5.74, 6) is 2.01. The van der Waals surface area contributed by atoms with Gasteiger partial charge in [0.25, 0.3) is 11.5 Å². The van der Waals surface area contributed by atoms with Crippen molar-refractivity contribution < 1.29 is 19.1 Å². The summed E-state index contributed by atoms with van der Waals surface area (Å²) in [6.07, 6.45) is 4.36. The lowest BCUT2D eigenvalue weighted by molar-refractivity contribution is -0.119. The molecule has 2 aromatic heterocycles. The number of ether oxygens (including phenoxy) is 2. The molecule has 34 heavy (non-hydrogen) atoms. The van der Waals surface area contributed by atoms with Crippen molar-refractivity contribution in [1.82, 2.24) is 14.5 Å². The number of rotatable bonds is 7. The molecule has 1 N–H and O–H groups in total. The minimum absolute atomic E-state index is 0.0175. The summed E-state index contributed by atoms with van der Waals surface area (Å²) in [4.78, 5) is 46.9. The topological polar surface area (TPSA) is 116 Å². The number of carbonyl (C=O) groups is 2. The second-order valence-corrected chi connectivity index (χ2v) is 8.53. The number of anilines is 2. The monoisotopic (exact) mass is 463 g/mol. The summed E-state index contributed by atoms with van der Waals surface area (Å²) in [6.45, 7) is 1.12. The maximum Gasteiger partial charge on any atom is 0.269 e. The number of aromatic nitrogens is 3. The highest BCUT2D eigenvalue weighted by molar-refractivity contribution is 5.97. The lowest BCUT2D eigenvalue weighted by Gasteiger charge is -2.21. The van der Waals surface area contributed by atoms with Crippen LogP contribution in [0.25, 0.3) is 11.0 Å². The molecule has 5 rings (SSSR count). The van der Waals surface area contributed by atoms with E-state index in [9.17, 15) is 14.4 Å². The minimum atomic E-state index is -0.262. The highest BCUT2D eigenvalue weighted by atomic mass is 16.5. The van der Waals surface area contributed by atoms with E-state index < -0.39 is 0 Å². The molecule has 176 valence electrons. The van der Waals surface area contributed by atoms with Gasteiger partial charge in [-0.1, -0.05) is 6.42 Å². The minimum Gasteiger partial charge on any atom is -0.497 e. The number of carbonyl (C=O) groups excluding carboxylic acids is 2. The second-order valence-electron chi connectivity index (χ2n) is 8.53. The fourth-order valence-corrected chi connectivity index (χ4v) is 4.50. The molecule has 2 amide bonds. The van der Waals surface area contributed by atoms with E-state index in [0.717, 1.165) is 30.3 Å². The van der Waals surface area contributed by atoms with Crippen molar-refractivity contribution in [3.05, 3.63) is 46.9 Å². The molecular weight excluding hydrogens is 438 g/mol. The van der Waals surface area contributed by atoms with Crippen molar-refractivity contribution in [2.24, 2.45) is 5.92 Å². The van der Waals surface area contributed by atoms with Crippen LogP contribution in [0.4, 0.5) is 11.6 Å². The molecule has 1 aromatic carbocycles. The lowest BCUT2D eigenvalue weighted by Crippen LogP contribution is -2.29. The van der Waals surface area contributed by atoms with Gasteiger partial charge in [0.05, 0.1) is 24.3 Å². The zero-order valence-electron chi connectivity index (χ0n) is 18.8. The largest absolute Gasteiger partial charge is 0.497 e. The van der Waals surface area contributed by atoms with Crippen molar-refractivity contribution in [1.29, 1.82) is 0 Å². The molecule has 3 aromatic rings. The van der Waals surface area contributed by atoms with Gasteiger partial charge in [-0.15, -0.1) is 0 Å². The lowest BCUT2D eigenvalue weighted by atomic mass is 10.0. The highest BCUT2D eigenvalue weighted by Crippen LogP contribution is 2.32. The molecule has 1 atom stereocenters. The first kappa shape index (κ1) is 21.9. The third-order valence-electron chi connectivity index (χ3n) is 6.24. The summed E-state index contributed by atoms with van der Waals surface area (Å²) in [7, 11) is 1.59. The summed E-state index contributed by atoms with van der Waals surface area (Å²) in [6, 6.07) is 8.96. The number of nitrogens with one attached hydrogen (secondary N) is 1. The van der Waals surface area contributed by atoms with E-state index in [1.54, 1.807) is 28.7 Å². The van der Waals surface area contributed by atoms with Crippen LogP contribution in [0.3, 0.4) is 0 Å². The molecule has 0 spiro atoms. The van der Waals surface area contributed by atoms with Crippen LogP contribution in [0.2, 0.25) is 0 Å². The Balaban J connectivity index is 1.20. The summed E-state index contributed by atoms with van der Waals surface area (Å²) in [5, 5.41) is 2.68. The maximum absolute atomic E-state index is 12.6. The van der Waals surface area contributed by atoms with Crippen LogP contribution in [0.5, 0.6) is 11.5 Å². The van der Waals surface area contributed by atoms with Gasteiger partial charge in [-0.2, -0.15) is 0 Å². The van der Waals surface area contributed by atoms with E-state index in [4.69, 9.17) is 9.47 Å². The molecule has 0 aliphatic carbocycles. The van der Waals surface area contributed by atoms with Crippen LogP contribution >= 0.6 is 0 Å². The standard InChI is InChI=1S/C24H25N5O5/c1-33-16-5-6-17-18(11-16)28(23(32)12-25-17)9-3-2-4-15-10-22(31)29(13-15)20-8-7-19-24(26-20)27-21(30)14-34-19/h5-8,11-12,15H,2-4,9-10,13-14H2,1H3,(H,26,27,30)/t15-/m1/s1. The molecule has 0 saturated carbocycles. The average Bonchev–Trinajstić information content (AvgIpc) is 3.22. The van der Waals surface area contributed by atoms with E-state index in [1.165, 1.54) is 6.20 Å². The maximum atomic E-state index is 12.6. The molecule has 0 bridgehead atoms. The Kier molecular flexibility index (Phi) is 5.87. The highest BCUT2D eigenvalue weighted by Gasteiger charge is 2.32. The van der Waals surface area contributed by atoms with Crippen LogP contribution in [-0.2, 0) is 16.1 Å². The number of nitrogens with zero attached hydrogens (tertiary/aromatic N) is 4. The number of aryl methyl sites for hydroxylation is 1. The first-order chi connectivity index (χ1) is 16.5. The van der Waals surface area contributed by atoms with E-state index in [2.05, 4.69) is 15.3 Å². The first-order valence-corrected chi connectivity index (χ1v) is 11.3. The molecule has 1 fully saturated rings. The number of hydrogen-bond acceptors (Lipinski definition) is 7. The van der Waals surface area contributed by atoms with Crippen LogP contribution in [0, 0.1) is 5.92 Å². The Morgan fingerprint density at radius 1 is 1.18 bits per heavy atom. The van der Waals surface area contributed by atoms with Crippen LogP contribution < -0.4 is 25.2 Å². The van der Waals surface area contributed by atoms with Gasteiger partial charge in [0, 0.05) is 25.6 Å². The first-order valence-electron chi connectivity index (χ1n) is 11.3. The number of pyridine rings is 1. The Morgan fingerprint density at radius 2 is 2.06 bits per heavy atom. The number of unbranched alkanes of at least 4 members (excludes halogenated alkanes) is 1. The molecule has 0 unspecified atom stereocenters. The van der Waals surface area contributed by atoms with Crippen LogP contribution in [-0.4, -0.2) is 46.6 Å². The predicted molar refractivity (Wildman–Crippen MR) is 125 cm³/mol. The van der Waals surface area contributed by atoms with Gasteiger partial charge in [0.15, 0.2) is 18.2 Å². The Bertz CT molecular complexity index is 1320.